The van der Waals surface area contributed by atoms with Crippen molar-refractivity contribution >= 4 is 11.8 Å². The lowest BCUT2D eigenvalue weighted by molar-refractivity contribution is -0.151. The standard InChI is InChI=1S/C15H20O3/c1-5-18-15(17)14(12(4)16)9-13-7-10(2)6-11(3)8-13/h6-8,14H,5,9H2,1-4H3. The second-order valence-electron chi connectivity index (χ2n) is 4.62. The number of aryl methyl sites for hydroxylation is 2. The zero-order chi connectivity index (χ0) is 13.7. The van der Waals surface area contributed by atoms with E-state index in [1.807, 2.05) is 26.0 Å². The predicted molar refractivity (Wildman–Crippen MR) is 70.4 cm³/mol. The fourth-order valence-corrected chi connectivity index (χ4v) is 2.06. The third-order valence-corrected chi connectivity index (χ3v) is 2.78. The Kier molecular flexibility index (Phi) is 5.08. The zero-order valence-electron chi connectivity index (χ0n) is 11.4. The molecule has 0 aromatic heterocycles. The Balaban J connectivity index is 2.89. The second kappa shape index (κ2) is 6.34. The molecule has 0 radical (unpaired) electrons. The van der Waals surface area contributed by atoms with Crippen molar-refractivity contribution in [2.45, 2.75) is 34.1 Å². The number of Topliss-reactive ketones (excluding diaryl/α,β-unsaturated/α-hetero) is 1. The first kappa shape index (κ1) is 14.4. The number of hydrogen-bond donors (Lipinski definition) is 0. The molecule has 0 bridgehead atoms. The quantitative estimate of drug-likeness (QED) is 0.594. The fourth-order valence-electron chi connectivity index (χ4n) is 2.06. The average Bonchev–Trinajstić information content (AvgIpc) is 2.24. The molecule has 1 aromatic rings. The molecule has 0 spiro atoms. The van der Waals surface area contributed by atoms with Gasteiger partial charge >= 0.3 is 5.97 Å². The molecule has 0 aliphatic carbocycles. The van der Waals surface area contributed by atoms with Crippen molar-refractivity contribution in [2.75, 3.05) is 6.61 Å². The summed E-state index contributed by atoms with van der Waals surface area (Å²) < 4.78 is 4.94. The summed E-state index contributed by atoms with van der Waals surface area (Å²) in [6.45, 7) is 7.49. The van der Waals surface area contributed by atoms with Gasteiger partial charge in [0.15, 0.2) is 0 Å². The monoisotopic (exact) mass is 248 g/mol. The number of ketones is 1. The molecule has 0 heterocycles. The molecule has 0 amide bonds. The molecule has 1 unspecified atom stereocenters. The van der Waals surface area contributed by atoms with Crippen LogP contribution in [0.15, 0.2) is 18.2 Å². The molecule has 3 heteroatoms. The van der Waals surface area contributed by atoms with Gasteiger partial charge in [0, 0.05) is 0 Å². The number of hydrogen-bond acceptors (Lipinski definition) is 3. The molecule has 1 rings (SSSR count). The van der Waals surface area contributed by atoms with E-state index < -0.39 is 11.9 Å². The maximum atomic E-state index is 11.7. The van der Waals surface area contributed by atoms with Crippen molar-refractivity contribution < 1.29 is 14.3 Å². The highest BCUT2D eigenvalue weighted by atomic mass is 16.5. The van der Waals surface area contributed by atoms with E-state index in [4.69, 9.17) is 4.74 Å². The molecule has 0 aliphatic rings. The molecule has 98 valence electrons. The van der Waals surface area contributed by atoms with Crippen molar-refractivity contribution in [3.8, 4) is 0 Å². The zero-order valence-corrected chi connectivity index (χ0v) is 11.4. The fraction of sp³-hybridized carbons (Fsp3) is 0.467. The van der Waals surface area contributed by atoms with Gasteiger partial charge in [-0.3, -0.25) is 9.59 Å². The Morgan fingerprint density at radius 1 is 1.17 bits per heavy atom. The van der Waals surface area contributed by atoms with Crippen LogP contribution in [0.1, 0.15) is 30.5 Å². The molecular weight excluding hydrogens is 228 g/mol. The minimum Gasteiger partial charge on any atom is -0.465 e. The van der Waals surface area contributed by atoms with E-state index in [2.05, 4.69) is 6.07 Å². The summed E-state index contributed by atoms with van der Waals surface area (Å²) in [7, 11) is 0. The van der Waals surface area contributed by atoms with Crippen LogP contribution in [0.4, 0.5) is 0 Å². The van der Waals surface area contributed by atoms with Crippen LogP contribution in [0.2, 0.25) is 0 Å². The maximum absolute atomic E-state index is 11.7. The molecule has 0 saturated carbocycles. The largest absolute Gasteiger partial charge is 0.465 e. The van der Waals surface area contributed by atoms with Crippen molar-refractivity contribution in [1.82, 2.24) is 0 Å². The average molecular weight is 248 g/mol. The molecule has 0 saturated heterocycles. The molecule has 3 nitrogen and oxygen atoms in total. The van der Waals surface area contributed by atoms with Gasteiger partial charge in [-0.1, -0.05) is 29.3 Å². The Bertz CT molecular complexity index is 429. The summed E-state index contributed by atoms with van der Waals surface area (Å²) in [6.07, 6.45) is 0.413. The van der Waals surface area contributed by atoms with Crippen molar-refractivity contribution in [3.63, 3.8) is 0 Å². The highest BCUT2D eigenvalue weighted by molar-refractivity contribution is 5.98. The summed E-state index contributed by atoms with van der Waals surface area (Å²) in [4.78, 5) is 23.2. The number of rotatable bonds is 5. The van der Waals surface area contributed by atoms with Crippen LogP contribution in [-0.2, 0) is 20.7 Å². The van der Waals surface area contributed by atoms with E-state index in [1.165, 1.54) is 6.92 Å². The van der Waals surface area contributed by atoms with E-state index in [9.17, 15) is 9.59 Å². The van der Waals surface area contributed by atoms with E-state index in [0.29, 0.717) is 13.0 Å². The van der Waals surface area contributed by atoms with Gasteiger partial charge in [0.1, 0.15) is 11.7 Å². The summed E-state index contributed by atoms with van der Waals surface area (Å²) in [5, 5.41) is 0. The minimum atomic E-state index is -0.689. The molecule has 18 heavy (non-hydrogen) atoms. The smallest absolute Gasteiger partial charge is 0.316 e. The Morgan fingerprint density at radius 2 is 1.72 bits per heavy atom. The lowest BCUT2D eigenvalue weighted by Crippen LogP contribution is -2.26. The molecule has 1 aromatic carbocycles. The van der Waals surface area contributed by atoms with Crippen molar-refractivity contribution in [2.24, 2.45) is 5.92 Å². The summed E-state index contributed by atoms with van der Waals surface area (Å²) in [5.74, 6) is -1.26. The van der Waals surface area contributed by atoms with Crippen LogP contribution in [0.5, 0.6) is 0 Å². The van der Waals surface area contributed by atoms with Gasteiger partial charge in [0.2, 0.25) is 0 Å². The molecule has 0 N–H and O–H groups in total. The molecule has 0 aliphatic heterocycles. The lowest BCUT2D eigenvalue weighted by atomic mass is 9.94. The van der Waals surface area contributed by atoms with E-state index in [1.54, 1.807) is 6.92 Å². The van der Waals surface area contributed by atoms with Gasteiger partial charge in [0.05, 0.1) is 6.61 Å². The van der Waals surface area contributed by atoms with Crippen molar-refractivity contribution in [3.05, 3.63) is 34.9 Å². The maximum Gasteiger partial charge on any atom is 0.316 e. The minimum absolute atomic E-state index is 0.146. The lowest BCUT2D eigenvalue weighted by Gasteiger charge is -2.13. The van der Waals surface area contributed by atoms with Gasteiger partial charge in [0.25, 0.3) is 0 Å². The molecular formula is C15H20O3. The Labute approximate surface area is 108 Å². The van der Waals surface area contributed by atoms with E-state index >= 15 is 0 Å². The number of ether oxygens (including phenoxy) is 1. The van der Waals surface area contributed by atoms with Crippen molar-refractivity contribution in [1.29, 1.82) is 0 Å². The molecule has 1 atom stereocenters. The summed E-state index contributed by atoms with van der Waals surface area (Å²) in [6, 6.07) is 6.07. The van der Waals surface area contributed by atoms with E-state index in [-0.39, 0.29) is 5.78 Å². The number of carbonyl (C=O) groups excluding carboxylic acids is 2. The van der Waals surface area contributed by atoms with Crippen LogP contribution in [0, 0.1) is 19.8 Å². The van der Waals surface area contributed by atoms with E-state index in [0.717, 1.165) is 16.7 Å². The highest BCUT2D eigenvalue weighted by Gasteiger charge is 2.25. The van der Waals surface area contributed by atoms with Gasteiger partial charge in [-0.25, -0.2) is 0 Å². The van der Waals surface area contributed by atoms with Crippen LogP contribution in [0.3, 0.4) is 0 Å². The third-order valence-electron chi connectivity index (χ3n) is 2.78. The number of benzene rings is 1. The summed E-state index contributed by atoms with van der Waals surface area (Å²) in [5.41, 5.74) is 3.27. The second-order valence-corrected chi connectivity index (χ2v) is 4.62. The first-order chi connectivity index (χ1) is 8.43. The Morgan fingerprint density at radius 3 is 2.17 bits per heavy atom. The van der Waals surface area contributed by atoms with Gasteiger partial charge < -0.3 is 4.74 Å². The van der Waals surface area contributed by atoms with Gasteiger partial charge in [-0.05, 0) is 39.7 Å². The predicted octanol–water partition coefficient (Wildman–Crippen LogP) is 2.61. The number of carbonyl (C=O) groups is 2. The normalized spacial score (nSPS) is 12.0. The highest BCUT2D eigenvalue weighted by Crippen LogP contribution is 2.15. The van der Waals surface area contributed by atoms with Crippen LogP contribution in [-0.4, -0.2) is 18.4 Å². The topological polar surface area (TPSA) is 43.4 Å². The van der Waals surface area contributed by atoms with Crippen LogP contribution >= 0.6 is 0 Å². The van der Waals surface area contributed by atoms with Crippen LogP contribution in [0.25, 0.3) is 0 Å². The van der Waals surface area contributed by atoms with Crippen LogP contribution < -0.4 is 0 Å². The first-order valence-electron chi connectivity index (χ1n) is 6.18. The third kappa shape index (κ3) is 3.99. The Hall–Kier alpha value is -1.64. The van der Waals surface area contributed by atoms with Gasteiger partial charge in [-0.15, -0.1) is 0 Å². The first-order valence-corrected chi connectivity index (χ1v) is 6.18. The molecule has 0 fully saturated rings. The van der Waals surface area contributed by atoms with Gasteiger partial charge in [-0.2, -0.15) is 0 Å². The SMILES string of the molecule is CCOC(=O)C(Cc1cc(C)cc(C)c1)C(C)=O. The summed E-state index contributed by atoms with van der Waals surface area (Å²) >= 11 is 0. The number of esters is 1.